The highest BCUT2D eigenvalue weighted by molar-refractivity contribution is 5.44. The molecule has 0 spiro atoms. The van der Waals surface area contributed by atoms with E-state index in [9.17, 15) is 4.39 Å². The molecular weight excluding hydrogens is 221 g/mol. The molecule has 2 rings (SSSR count). The number of aromatic nitrogens is 2. The van der Waals surface area contributed by atoms with Crippen molar-refractivity contribution in [2.45, 2.75) is 6.92 Å². The maximum absolute atomic E-state index is 13.7. The van der Waals surface area contributed by atoms with Gasteiger partial charge in [0.25, 0.3) is 0 Å². The molecule has 0 radical (unpaired) electrons. The molecular formula is C11H18FN5. The third-order valence-corrected chi connectivity index (χ3v) is 2.86. The molecule has 0 aromatic carbocycles. The van der Waals surface area contributed by atoms with Crippen molar-refractivity contribution in [3.8, 4) is 0 Å². The zero-order valence-corrected chi connectivity index (χ0v) is 10.3. The molecule has 0 saturated carbocycles. The van der Waals surface area contributed by atoms with Crippen molar-refractivity contribution in [1.29, 1.82) is 0 Å². The molecule has 1 aromatic heterocycles. The predicted molar refractivity (Wildman–Crippen MR) is 65.9 cm³/mol. The van der Waals surface area contributed by atoms with Crippen LogP contribution in [0.1, 0.15) is 6.92 Å². The highest BCUT2D eigenvalue weighted by Crippen LogP contribution is 2.18. The lowest BCUT2D eigenvalue weighted by Crippen LogP contribution is -2.45. The molecule has 0 aliphatic carbocycles. The van der Waals surface area contributed by atoms with Gasteiger partial charge in [-0.1, -0.05) is 0 Å². The van der Waals surface area contributed by atoms with Crippen LogP contribution in [0.5, 0.6) is 0 Å². The third kappa shape index (κ3) is 2.82. The van der Waals surface area contributed by atoms with Crippen LogP contribution in [0.25, 0.3) is 0 Å². The zero-order chi connectivity index (χ0) is 12.3. The van der Waals surface area contributed by atoms with Crippen molar-refractivity contribution >= 4 is 11.8 Å². The largest absolute Gasteiger partial charge is 0.354 e. The maximum atomic E-state index is 13.7. The fourth-order valence-electron chi connectivity index (χ4n) is 1.84. The van der Waals surface area contributed by atoms with Gasteiger partial charge in [0.2, 0.25) is 5.95 Å². The summed E-state index contributed by atoms with van der Waals surface area (Å²) in [6.07, 6.45) is 1.23. The first-order chi connectivity index (χ1) is 8.20. The second-order valence-corrected chi connectivity index (χ2v) is 4.19. The zero-order valence-electron chi connectivity index (χ0n) is 10.3. The minimum absolute atomic E-state index is 0.351. The van der Waals surface area contributed by atoms with E-state index in [0.717, 1.165) is 32.7 Å². The van der Waals surface area contributed by atoms with E-state index in [4.69, 9.17) is 0 Å². The number of piperazine rings is 1. The Labute approximate surface area is 101 Å². The molecule has 94 valence electrons. The van der Waals surface area contributed by atoms with Gasteiger partial charge in [0.1, 0.15) is 0 Å². The Bertz CT molecular complexity index is 376. The lowest BCUT2D eigenvalue weighted by molar-refractivity contribution is 0.310. The smallest absolute Gasteiger partial charge is 0.224 e. The Morgan fingerprint density at radius 1 is 1.35 bits per heavy atom. The van der Waals surface area contributed by atoms with Gasteiger partial charge in [-0.3, -0.25) is 0 Å². The lowest BCUT2D eigenvalue weighted by atomic mass is 10.3. The van der Waals surface area contributed by atoms with E-state index in [0.29, 0.717) is 11.8 Å². The molecule has 2 heterocycles. The van der Waals surface area contributed by atoms with Gasteiger partial charge in [-0.25, -0.2) is 9.37 Å². The highest BCUT2D eigenvalue weighted by Gasteiger charge is 2.19. The van der Waals surface area contributed by atoms with E-state index in [2.05, 4.69) is 27.2 Å². The summed E-state index contributed by atoms with van der Waals surface area (Å²) in [6, 6.07) is 0. The topological polar surface area (TPSA) is 44.3 Å². The fraction of sp³-hybridized carbons (Fsp3) is 0.636. The average Bonchev–Trinajstić information content (AvgIpc) is 2.33. The molecule has 6 heteroatoms. The van der Waals surface area contributed by atoms with Crippen molar-refractivity contribution in [1.82, 2.24) is 14.9 Å². The van der Waals surface area contributed by atoms with E-state index >= 15 is 0 Å². The van der Waals surface area contributed by atoms with Crippen LogP contribution in [-0.4, -0.2) is 54.6 Å². The fourth-order valence-corrected chi connectivity index (χ4v) is 1.84. The molecule has 1 N–H and O–H groups in total. The van der Waals surface area contributed by atoms with Crippen LogP contribution in [0, 0.1) is 5.82 Å². The molecule has 0 atom stereocenters. The number of anilines is 2. The number of hydrogen-bond acceptors (Lipinski definition) is 5. The van der Waals surface area contributed by atoms with Crippen molar-refractivity contribution < 1.29 is 4.39 Å². The van der Waals surface area contributed by atoms with Crippen LogP contribution in [0.15, 0.2) is 6.20 Å². The molecule has 1 saturated heterocycles. The first-order valence-corrected chi connectivity index (χ1v) is 5.90. The van der Waals surface area contributed by atoms with Gasteiger partial charge in [-0.15, -0.1) is 0 Å². The summed E-state index contributed by atoms with van der Waals surface area (Å²) in [5.41, 5.74) is 0. The summed E-state index contributed by atoms with van der Waals surface area (Å²) in [7, 11) is 2.07. The van der Waals surface area contributed by atoms with Crippen LogP contribution < -0.4 is 10.2 Å². The van der Waals surface area contributed by atoms with Crippen LogP contribution in [-0.2, 0) is 0 Å². The van der Waals surface area contributed by atoms with Gasteiger partial charge >= 0.3 is 0 Å². The minimum Gasteiger partial charge on any atom is -0.354 e. The number of nitrogens with zero attached hydrogens (tertiary/aromatic N) is 4. The molecule has 0 bridgehead atoms. The Morgan fingerprint density at radius 2 is 2.06 bits per heavy atom. The van der Waals surface area contributed by atoms with Gasteiger partial charge in [-0.2, -0.15) is 4.98 Å². The molecule has 1 fully saturated rings. The normalized spacial score (nSPS) is 17.2. The van der Waals surface area contributed by atoms with Crippen molar-refractivity contribution in [2.75, 3.05) is 50.0 Å². The highest BCUT2D eigenvalue weighted by atomic mass is 19.1. The molecule has 0 amide bonds. The number of hydrogen-bond donors (Lipinski definition) is 1. The average molecular weight is 239 g/mol. The van der Waals surface area contributed by atoms with E-state index in [1.165, 1.54) is 6.20 Å². The van der Waals surface area contributed by atoms with Crippen LogP contribution in [0.4, 0.5) is 16.2 Å². The monoisotopic (exact) mass is 239 g/mol. The molecule has 1 aromatic rings. The SMILES string of the molecule is CCNc1ncc(F)c(N2CCN(C)CC2)n1. The van der Waals surface area contributed by atoms with Crippen LogP contribution in [0.2, 0.25) is 0 Å². The molecule has 1 aliphatic rings. The third-order valence-electron chi connectivity index (χ3n) is 2.86. The summed E-state index contributed by atoms with van der Waals surface area (Å²) in [4.78, 5) is 12.3. The van der Waals surface area contributed by atoms with Crippen molar-refractivity contribution in [3.05, 3.63) is 12.0 Å². The first kappa shape index (κ1) is 12.0. The van der Waals surface area contributed by atoms with E-state index < -0.39 is 0 Å². The van der Waals surface area contributed by atoms with E-state index in [1.54, 1.807) is 0 Å². The second kappa shape index (κ2) is 5.27. The van der Waals surface area contributed by atoms with Gasteiger partial charge < -0.3 is 15.1 Å². The number of halogens is 1. The van der Waals surface area contributed by atoms with Crippen LogP contribution in [0.3, 0.4) is 0 Å². The summed E-state index contributed by atoms with van der Waals surface area (Å²) >= 11 is 0. The predicted octanol–water partition coefficient (Wildman–Crippen LogP) is 0.799. The maximum Gasteiger partial charge on any atom is 0.224 e. The lowest BCUT2D eigenvalue weighted by Gasteiger charge is -2.33. The molecule has 1 aliphatic heterocycles. The molecule has 5 nitrogen and oxygen atoms in total. The summed E-state index contributed by atoms with van der Waals surface area (Å²) in [5.74, 6) is 0.545. The second-order valence-electron chi connectivity index (χ2n) is 4.19. The Balaban J connectivity index is 2.15. The quantitative estimate of drug-likeness (QED) is 0.845. The summed E-state index contributed by atoms with van der Waals surface area (Å²) in [5, 5.41) is 3.00. The molecule has 17 heavy (non-hydrogen) atoms. The standard InChI is InChI=1S/C11H18FN5/c1-3-13-11-14-8-9(12)10(15-11)17-6-4-16(2)5-7-17/h8H,3-7H2,1-2H3,(H,13,14,15). The van der Waals surface area contributed by atoms with Crippen LogP contribution >= 0.6 is 0 Å². The Hall–Kier alpha value is -1.43. The Morgan fingerprint density at radius 3 is 2.71 bits per heavy atom. The van der Waals surface area contributed by atoms with E-state index in [-0.39, 0.29) is 5.82 Å². The Kier molecular flexibility index (Phi) is 3.73. The first-order valence-electron chi connectivity index (χ1n) is 5.90. The number of likely N-dealkylation sites (N-methyl/N-ethyl adjacent to an activating group) is 1. The summed E-state index contributed by atoms with van der Waals surface area (Å²) < 4.78 is 13.7. The summed E-state index contributed by atoms with van der Waals surface area (Å²) in [6.45, 7) is 6.15. The number of rotatable bonds is 3. The van der Waals surface area contributed by atoms with Gasteiger partial charge in [0, 0.05) is 32.7 Å². The van der Waals surface area contributed by atoms with Gasteiger partial charge in [0.05, 0.1) is 6.20 Å². The van der Waals surface area contributed by atoms with Crippen molar-refractivity contribution in [3.63, 3.8) is 0 Å². The van der Waals surface area contributed by atoms with Crippen molar-refractivity contribution in [2.24, 2.45) is 0 Å². The minimum atomic E-state index is -0.351. The van der Waals surface area contributed by atoms with E-state index in [1.807, 2.05) is 11.8 Å². The van der Waals surface area contributed by atoms with Gasteiger partial charge in [0.15, 0.2) is 11.6 Å². The molecule has 0 unspecified atom stereocenters. The number of nitrogens with one attached hydrogen (secondary N) is 1. The van der Waals surface area contributed by atoms with Gasteiger partial charge in [-0.05, 0) is 14.0 Å².